The Hall–Kier alpha value is -1.68. The topological polar surface area (TPSA) is 61.8 Å². The third-order valence-corrected chi connectivity index (χ3v) is 6.36. The molecule has 0 N–H and O–H groups in total. The van der Waals surface area contributed by atoms with Gasteiger partial charge in [-0.15, -0.1) is 5.92 Å². The number of carbonyl (C=O) groups excluding carboxylic acids is 2. The Morgan fingerprint density at radius 3 is 2.67 bits per heavy atom. The number of aryl methyl sites for hydroxylation is 1. The van der Waals surface area contributed by atoms with Crippen molar-refractivity contribution < 1.29 is 23.8 Å². The molecule has 2 unspecified atom stereocenters. The van der Waals surface area contributed by atoms with Crippen molar-refractivity contribution in [2.24, 2.45) is 5.41 Å². The molecule has 0 heterocycles. The average Bonchev–Trinajstić information content (AvgIpc) is 2.71. The van der Waals surface area contributed by atoms with Crippen LogP contribution < -0.4 is 0 Å². The first-order valence-corrected chi connectivity index (χ1v) is 11.1. The molecule has 1 aliphatic rings. The Labute approximate surface area is 188 Å². The molecular formula is C24H31BrO5. The minimum Gasteiger partial charge on any atom is -0.469 e. The number of hydrogen-bond donors (Lipinski definition) is 0. The fourth-order valence-electron chi connectivity index (χ4n) is 4.23. The van der Waals surface area contributed by atoms with Crippen molar-refractivity contribution in [3.8, 4) is 11.8 Å². The van der Waals surface area contributed by atoms with Gasteiger partial charge in [0, 0.05) is 30.0 Å². The number of esters is 1. The number of rotatable bonds is 9. The summed E-state index contributed by atoms with van der Waals surface area (Å²) in [6.07, 6.45) is 3.20. The summed E-state index contributed by atoms with van der Waals surface area (Å²) in [5, 5.41) is 0. The maximum absolute atomic E-state index is 13.1. The second-order valence-electron chi connectivity index (χ2n) is 7.87. The first kappa shape index (κ1) is 24.6. The van der Waals surface area contributed by atoms with E-state index in [0.29, 0.717) is 26.1 Å². The van der Waals surface area contributed by atoms with Crippen LogP contribution in [0.3, 0.4) is 0 Å². The van der Waals surface area contributed by atoms with Crippen molar-refractivity contribution in [3.05, 3.63) is 33.3 Å². The predicted octanol–water partition coefficient (Wildman–Crippen LogP) is 4.40. The molecule has 164 valence electrons. The van der Waals surface area contributed by atoms with E-state index >= 15 is 0 Å². The lowest BCUT2D eigenvalue weighted by atomic mass is 9.69. The molecule has 2 rings (SSSR count). The number of ketones is 1. The van der Waals surface area contributed by atoms with E-state index in [2.05, 4.69) is 27.8 Å². The van der Waals surface area contributed by atoms with E-state index in [1.165, 1.54) is 7.11 Å². The molecule has 30 heavy (non-hydrogen) atoms. The van der Waals surface area contributed by atoms with Crippen LogP contribution in [0.25, 0.3) is 0 Å². The average molecular weight is 479 g/mol. The first-order valence-electron chi connectivity index (χ1n) is 10.3. The zero-order chi connectivity index (χ0) is 22.1. The quantitative estimate of drug-likeness (QED) is 0.299. The van der Waals surface area contributed by atoms with Crippen molar-refractivity contribution in [1.82, 2.24) is 0 Å². The van der Waals surface area contributed by atoms with Crippen LogP contribution >= 0.6 is 15.9 Å². The van der Waals surface area contributed by atoms with Crippen molar-refractivity contribution in [1.29, 1.82) is 0 Å². The van der Waals surface area contributed by atoms with Crippen molar-refractivity contribution in [2.45, 2.75) is 58.5 Å². The Balaban J connectivity index is 2.16. The molecule has 1 aromatic rings. The van der Waals surface area contributed by atoms with Gasteiger partial charge in [-0.3, -0.25) is 9.59 Å². The van der Waals surface area contributed by atoms with Gasteiger partial charge in [-0.05, 0) is 62.8 Å². The molecular weight excluding hydrogens is 448 g/mol. The van der Waals surface area contributed by atoms with E-state index in [-0.39, 0.29) is 30.7 Å². The highest BCUT2D eigenvalue weighted by atomic mass is 79.9. The zero-order valence-corrected chi connectivity index (χ0v) is 19.9. The molecule has 0 bridgehead atoms. The number of ether oxygens (including phenoxy) is 3. The Kier molecular flexibility index (Phi) is 9.54. The van der Waals surface area contributed by atoms with Gasteiger partial charge >= 0.3 is 5.97 Å². The molecule has 1 saturated carbocycles. The van der Waals surface area contributed by atoms with Gasteiger partial charge in [0.25, 0.3) is 0 Å². The van der Waals surface area contributed by atoms with Gasteiger partial charge in [-0.1, -0.05) is 21.9 Å². The Morgan fingerprint density at radius 2 is 2.03 bits per heavy atom. The second-order valence-corrected chi connectivity index (χ2v) is 8.73. The summed E-state index contributed by atoms with van der Waals surface area (Å²) < 4.78 is 16.9. The summed E-state index contributed by atoms with van der Waals surface area (Å²) >= 11 is 3.58. The fraction of sp³-hybridized carbons (Fsp3) is 0.583. The number of hydrogen-bond acceptors (Lipinski definition) is 5. The van der Waals surface area contributed by atoms with Crippen LogP contribution in [0, 0.1) is 24.2 Å². The molecule has 1 fully saturated rings. The van der Waals surface area contributed by atoms with E-state index in [1.54, 1.807) is 14.0 Å². The van der Waals surface area contributed by atoms with E-state index in [9.17, 15) is 9.59 Å². The summed E-state index contributed by atoms with van der Waals surface area (Å²) in [6.45, 7) is 4.76. The maximum Gasteiger partial charge on any atom is 0.312 e. The summed E-state index contributed by atoms with van der Waals surface area (Å²) in [5.41, 5.74) is 2.03. The van der Waals surface area contributed by atoms with Crippen LogP contribution in [0.5, 0.6) is 0 Å². The molecule has 2 atom stereocenters. The van der Waals surface area contributed by atoms with Crippen LogP contribution in [0.2, 0.25) is 0 Å². The van der Waals surface area contributed by atoms with Crippen LogP contribution in [0.15, 0.2) is 16.6 Å². The fourth-order valence-corrected chi connectivity index (χ4v) is 4.93. The lowest BCUT2D eigenvalue weighted by Crippen LogP contribution is -2.42. The highest BCUT2D eigenvalue weighted by Crippen LogP contribution is 2.42. The van der Waals surface area contributed by atoms with Crippen LogP contribution in [-0.4, -0.2) is 45.3 Å². The minimum atomic E-state index is -0.824. The third kappa shape index (κ3) is 6.41. The van der Waals surface area contributed by atoms with E-state index in [0.717, 1.165) is 34.0 Å². The molecule has 0 saturated heterocycles. The van der Waals surface area contributed by atoms with Crippen LogP contribution in [-0.2, 0) is 30.2 Å². The first-order chi connectivity index (χ1) is 14.3. The van der Waals surface area contributed by atoms with Crippen molar-refractivity contribution in [2.75, 3.05) is 27.4 Å². The van der Waals surface area contributed by atoms with Crippen LogP contribution in [0.1, 0.15) is 55.7 Å². The second kappa shape index (κ2) is 11.6. The van der Waals surface area contributed by atoms with Gasteiger partial charge in [-0.25, -0.2) is 0 Å². The van der Waals surface area contributed by atoms with E-state index < -0.39 is 5.41 Å². The Morgan fingerprint density at radius 1 is 1.27 bits per heavy atom. The summed E-state index contributed by atoms with van der Waals surface area (Å²) in [7, 11) is 3.02. The smallest absolute Gasteiger partial charge is 0.312 e. The highest BCUT2D eigenvalue weighted by molar-refractivity contribution is 9.10. The van der Waals surface area contributed by atoms with Crippen molar-refractivity contribution >= 4 is 27.7 Å². The number of methoxy groups -OCH3 is 2. The third-order valence-electron chi connectivity index (χ3n) is 5.66. The lowest BCUT2D eigenvalue weighted by Gasteiger charge is -2.38. The predicted molar refractivity (Wildman–Crippen MR) is 119 cm³/mol. The van der Waals surface area contributed by atoms with Gasteiger partial charge in [0.2, 0.25) is 0 Å². The number of carbonyl (C=O) groups is 2. The molecule has 0 amide bonds. The number of halogens is 1. The molecule has 6 heteroatoms. The van der Waals surface area contributed by atoms with E-state index in [4.69, 9.17) is 14.2 Å². The molecule has 1 aliphatic carbocycles. The van der Waals surface area contributed by atoms with Crippen LogP contribution in [0.4, 0.5) is 0 Å². The maximum atomic E-state index is 13.1. The van der Waals surface area contributed by atoms with E-state index in [1.807, 2.05) is 19.1 Å². The number of benzene rings is 1. The van der Waals surface area contributed by atoms with Gasteiger partial charge in [0.05, 0.1) is 31.8 Å². The largest absolute Gasteiger partial charge is 0.469 e. The number of Topliss-reactive ketones (excluding diaryl/α,β-unsaturated/α-hetero) is 1. The normalized spacial score (nSPS) is 20.9. The zero-order valence-electron chi connectivity index (χ0n) is 18.3. The molecule has 0 aromatic heterocycles. The Bertz CT molecular complexity index is 800. The summed E-state index contributed by atoms with van der Waals surface area (Å²) in [5.74, 6) is 5.64. The summed E-state index contributed by atoms with van der Waals surface area (Å²) in [6, 6.07) is 3.92. The monoisotopic (exact) mass is 478 g/mol. The molecule has 0 spiro atoms. The molecule has 0 aliphatic heterocycles. The van der Waals surface area contributed by atoms with Crippen molar-refractivity contribution in [3.63, 3.8) is 0 Å². The van der Waals surface area contributed by atoms with Gasteiger partial charge < -0.3 is 14.2 Å². The van der Waals surface area contributed by atoms with Gasteiger partial charge in [-0.2, -0.15) is 0 Å². The lowest BCUT2D eigenvalue weighted by molar-refractivity contribution is -0.161. The highest BCUT2D eigenvalue weighted by Gasteiger charge is 2.45. The molecule has 1 aromatic carbocycles. The molecule has 0 radical (unpaired) electrons. The standard InChI is InChI=1S/C24H31BrO5/c1-5-7-18-12-17(2)21(22(25)13-18)14-19(26)15-24(23(27)29-4)9-6-8-20(16-24)30-11-10-28-3/h12-13,20H,6,8-11,14-16H2,1-4H3. The summed E-state index contributed by atoms with van der Waals surface area (Å²) in [4.78, 5) is 25.8. The molecule has 5 nitrogen and oxygen atoms in total. The van der Waals surface area contributed by atoms with Gasteiger partial charge in [0.15, 0.2) is 0 Å². The SMILES string of the molecule is CC#Cc1cc(C)c(CC(=O)CC2(C(=O)OC)CCCC(OCCOC)C2)c(Br)c1. The van der Waals surface area contributed by atoms with Gasteiger partial charge in [0.1, 0.15) is 5.78 Å². The minimum absolute atomic E-state index is 0.0241.